The highest BCUT2D eigenvalue weighted by Gasteiger charge is 2.53. The fourth-order valence-electron chi connectivity index (χ4n) is 15.1. The largest absolute Gasteiger partial charge is 0.470 e. The van der Waals surface area contributed by atoms with Gasteiger partial charge < -0.3 is 48.6 Å². The predicted octanol–water partition coefficient (Wildman–Crippen LogP) is 24.9. The van der Waals surface area contributed by atoms with Gasteiger partial charge in [0.2, 0.25) is 12.2 Å². The summed E-state index contributed by atoms with van der Waals surface area (Å²) in [6, 6.07) is -1.75. The summed E-state index contributed by atoms with van der Waals surface area (Å²) in [6.07, 6.45) is 55.1. The first-order valence-electron chi connectivity index (χ1n) is 46.3. The summed E-state index contributed by atoms with van der Waals surface area (Å²) >= 11 is 0. The van der Waals surface area contributed by atoms with E-state index in [1.54, 1.807) is 0 Å². The first-order valence-corrected chi connectivity index (χ1v) is 47.8. The smallest absolute Gasteiger partial charge is 0.462 e. The van der Waals surface area contributed by atoms with E-state index in [0.29, 0.717) is 57.8 Å². The number of ether oxygens (including phenoxy) is 6. The third-order valence-electron chi connectivity index (χ3n) is 21.9. The van der Waals surface area contributed by atoms with Crippen molar-refractivity contribution in [2.45, 2.75) is 534 Å². The molecule has 0 aliphatic carbocycles. The van der Waals surface area contributed by atoms with Gasteiger partial charge >= 0.3 is 37.7 Å². The van der Waals surface area contributed by atoms with Crippen molar-refractivity contribution in [1.29, 1.82) is 0 Å². The Kier molecular flexibility index (Phi) is 71.4. The van der Waals surface area contributed by atoms with Crippen LogP contribution in [0.5, 0.6) is 0 Å². The lowest BCUT2D eigenvalue weighted by atomic mass is 9.95. The minimum absolute atomic E-state index is 0.158. The molecule has 19 heteroatoms. The molecule has 1 saturated heterocycles. The van der Waals surface area contributed by atoms with E-state index in [2.05, 4.69) is 46.9 Å². The van der Waals surface area contributed by atoms with Gasteiger partial charge in [-0.15, -0.1) is 0 Å². The van der Waals surface area contributed by atoms with Gasteiger partial charge in [0.15, 0.2) is 6.10 Å². The topological polar surface area (TPSA) is 257 Å². The van der Waals surface area contributed by atoms with E-state index in [1.165, 1.54) is 193 Å². The second kappa shape index (κ2) is 74.9. The number of hydrogen-bond acceptors (Lipinski definition) is 15. The van der Waals surface area contributed by atoms with Crippen LogP contribution in [0.15, 0.2) is 0 Å². The van der Waals surface area contributed by atoms with Crippen LogP contribution in [0.2, 0.25) is 0 Å². The number of rotatable bonds is 81. The molecule has 0 bridgehead atoms. The molecular weight excluding hydrogens is 1400 g/mol. The second-order valence-corrected chi connectivity index (χ2v) is 33.7. The minimum atomic E-state index is -5.53. The molecule has 0 saturated carbocycles. The number of amides is 1. The third kappa shape index (κ3) is 63.8. The van der Waals surface area contributed by atoms with E-state index in [1.807, 2.05) is 0 Å². The number of nitrogens with one attached hydrogen (secondary N) is 1. The number of aliphatic hydroxyl groups excluding tert-OH is 1. The highest BCUT2D eigenvalue weighted by molar-refractivity contribution is 7.46. The van der Waals surface area contributed by atoms with Crippen molar-refractivity contribution < 1.29 is 81.2 Å². The Balaban J connectivity index is 3.82. The zero-order chi connectivity index (χ0) is 79.7. The molecule has 109 heavy (non-hydrogen) atoms. The quantitative estimate of drug-likeness (QED) is 0.0191. The van der Waals surface area contributed by atoms with Crippen molar-refractivity contribution in [2.24, 2.45) is 0 Å². The standard InChI is InChI=1S/C90H170NO17P/c1-7-13-19-25-31-37-40-46-52-58-64-70-82(94)102-77(67-61-55-49-43-34-28-22-16-10-4)73-81(93)91-87-89(106-85(97)74-78(68-62-56-50-44-35-29-23-17-11-5)103-83(95)71-65-59-53-47-41-38-32-26-20-14-8-2)88(108-109(99,100)101)80(76-92)105-90(87)107-86(98)75-79(69-63-57-51-45-36-30-24-18-12-6)104-84(96)72-66-60-54-48-42-39-33-27-21-15-9-3/h77-80,87-90,92H,7-76H2,1-6H3,(H,91,93)(H2,99,100,101)/t77-,78-,79-,80-,87-,88-,89-,90+/m1/s1. The molecule has 1 rings (SSSR count). The number of esters is 5. The van der Waals surface area contributed by atoms with Crippen LogP contribution >= 0.6 is 7.82 Å². The Morgan fingerprint density at radius 3 is 0.817 bits per heavy atom. The van der Waals surface area contributed by atoms with Gasteiger partial charge in [-0.1, -0.05) is 388 Å². The van der Waals surface area contributed by atoms with Crippen LogP contribution < -0.4 is 5.32 Å². The van der Waals surface area contributed by atoms with Crippen LogP contribution in [0, 0.1) is 0 Å². The highest BCUT2D eigenvalue weighted by Crippen LogP contribution is 2.43. The fourth-order valence-corrected chi connectivity index (χ4v) is 15.7. The van der Waals surface area contributed by atoms with E-state index in [-0.39, 0.29) is 25.7 Å². The van der Waals surface area contributed by atoms with Crippen molar-refractivity contribution in [1.82, 2.24) is 5.32 Å². The van der Waals surface area contributed by atoms with Gasteiger partial charge in [0.25, 0.3) is 0 Å². The van der Waals surface area contributed by atoms with Gasteiger partial charge in [-0.3, -0.25) is 33.3 Å². The van der Waals surface area contributed by atoms with Crippen molar-refractivity contribution in [2.75, 3.05) is 6.61 Å². The number of aliphatic hydroxyl groups is 1. The molecule has 1 amide bonds. The maximum absolute atomic E-state index is 15.0. The second-order valence-electron chi connectivity index (χ2n) is 32.5. The Morgan fingerprint density at radius 2 is 0.560 bits per heavy atom. The van der Waals surface area contributed by atoms with Crippen LogP contribution in [-0.2, 0) is 66.3 Å². The molecule has 0 spiro atoms. The monoisotopic (exact) mass is 1570 g/mol. The Bertz CT molecular complexity index is 2180. The van der Waals surface area contributed by atoms with Crippen LogP contribution in [0.4, 0.5) is 0 Å². The molecule has 0 radical (unpaired) electrons. The Labute approximate surface area is 666 Å². The molecule has 8 atom stereocenters. The van der Waals surface area contributed by atoms with Gasteiger partial charge in [0, 0.05) is 19.3 Å². The average molecular weight is 1570 g/mol. The summed E-state index contributed by atoms with van der Waals surface area (Å²) in [5.74, 6) is -3.94. The molecule has 0 unspecified atom stereocenters. The third-order valence-corrected chi connectivity index (χ3v) is 22.4. The zero-order valence-electron chi connectivity index (χ0n) is 71.1. The lowest BCUT2D eigenvalue weighted by Gasteiger charge is -2.45. The number of carbonyl (C=O) groups is 6. The van der Waals surface area contributed by atoms with Gasteiger partial charge in [-0.05, 0) is 57.8 Å². The Morgan fingerprint density at radius 1 is 0.321 bits per heavy atom. The molecule has 0 aromatic rings. The summed E-state index contributed by atoms with van der Waals surface area (Å²) in [7, 11) is -5.53. The SMILES string of the molecule is CCCCCCCCCCCCCC(=O)O[C@H](CCCCCCCCCCC)CC(=O)N[C@H]1[C@H](OC(=O)C[C@@H](CCCCCCCCCCC)OC(=O)CCCCCCCCCCCCC)O[C@H](CO)[C@@H](OP(=O)(O)O)[C@@H]1OC(=O)C[C@@H](CCCCCCCCCCC)OC(=O)CCCCCCCCCCCCC. The van der Waals surface area contributed by atoms with E-state index in [9.17, 15) is 48.2 Å². The van der Waals surface area contributed by atoms with E-state index >= 15 is 0 Å². The molecule has 0 aromatic carbocycles. The molecule has 0 aromatic heterocycles. The van der Waals surface area contributed by atoms with Crippen molar-refractivity contribution in [3.63, 3.8) is 0 Å². The molecule has 642 valence electrons. The number of hydrogen-bond donors (Lipinski definition) is 4. The zero-order valence-corrected chi connectivity index (χ0v) is 72.0. The lowest BCUT2D eigenvalue weighted by Crippen LogP contribution is -2.66. The summed E-state index contributed by atoms with van der Waals surface area (Å²) in [6.45, 7) is 12.3. The summed E-state index contributed by atoms with van der Waals surface area (Å²) < 4.78 is 55.6. The summed E-state index contributed by atoms with van der Waals surface area (Å²) in [4.78, 5) is 107. The fraction of sp³-hybridized carbons (Fsp3) is 0.933. The van der Waals surface area contributed by atoms with Gasteiger partial charge in [-0.2, -0.15) is 0 Å². The number of phosphoric acid groups is 1. The van der Waals surface area contributed by atoms with Crippen molar-refractivity contribution >= 4 is 43.6 Å². The van der Waals surface area contributed by atoms with Gasteiger partial charge in [-0.25, -0.2) is 4.57 Å². The minimum Gasteiger partial charge on any atom is -0.462 e. The number of carbonyl (C=O) groups excluding carboxylic acids is 6. The van der Waals surface area contributed by atoms with E-state index in [0.717, 1.165) is 154 Å². The van der Waals surface area contributed by atoms with E-state index < -0.39 is 112 Å². The summed E-state index contributed by atoms with van der Waals surface area (Å²) in [5, 5.41) is 13.9. The maximum atomic E-state index is 15.0. The molecular formula is C90H170NO17P. The number of unbranched alkanes of at least 4 members (excludes halogenated alkanes) is 54. The van der Waals surface area contributed by atoms with Crippen LogP contribution in [0.25, 0.3) is 0 Å². The highest BCUT2D eigenvalue weighted by atomic mass is 31.2. The molecule has 1 heterocycles. The molecule has 1 aliphatic heterocycles. The van der Waals surface area contributed by atoms with Crippen molar-refractivity contribution in [3.05, 3.63) is 0 Å². The molecule has 18 nitrogen and oxygen atoms in total. The number of phosphoric ester groups is 1. The lowest BCUT2D eigenvalue weighted by molar-refractivity contribution is -0.265. The predicted molar refractivity (Wildman–Crippen MR) is 443 cm³/mol. The van der Waals surface area contributed by atoms with Crippen LogP contribution in [-0.4, -0.2) is 106 Å². The first kappa shape index (κ1) is 104. The summed E-state index contributed by atoms with van der Waals surface area (Å²) in [5.41, 5.74) is 0. The van der Waals surface area contributed by atoms with Crippen molar-refractivity contribution in [3.8, 4) is 0 Å². The van der Waals surface area contributed by atoms with Crippen LogP contribution in [0.1, 0.15) is 485 Å². The van der Waals surface area contributed by atoms with Crippen LogP contribution in [0.3, 0.4) is 0 Å². The molecule has 1 fully saturated rings. The first-order chi connectivity index (χ1) is 53.0. The Hall–Kier alpha value is -3.15. The normalized spacial score (nSPS) is 16.7. The van der Waals surface area contributed by atoms with E-state index in [4.69, 9.17) is 32.9 Å². The van der Waals surface area contributed by atoms with Gasteiger partial charge in [0.05, 0.1) is 25.9 Å². The van der Waals surface area contributed by atoms with Gasteiger partial charge in [0.1, 0.15) is 36.6 Å². The molecule has 4 N–H and O–H groups in total. The molecule has 1 aliphatic rings. The average Bonchev–Trinajstić information content (AvgIpc) is 0.779. The maximum Gasteiger partial charge on any atom is 0.470 e.